The topological polar surface area (TPSA) is 79.4 Å². The lowest BCUT2D eigenvalue weighted by Gasteiger charge is -2.27. The van der Waals surface area contributed by atoms with Crippen molar-refractivity contribution < 1.29 is 13.2 Å². The number of amides is 2. The molecule has 1 saturated heterocycles. The third-order valence-electron chi connectivity index (χ3n) is 3.10. The minimum absolute atomic E-state index is 0.0333. The smallest absolute Gasteiger partial charge is 0.321 e. The number of urea groups is 1. The molecule has 0 aromatic carbocycles. The summed E-state index contributed by atoms with van der Waals surface area (Å²) in [4.78, 5) is 17.8. The second-order valence-corrected chi connectivity index (χ2v) is 6.96. The van der Waals surface area contributed by atoms with Crippen LogP contribution in [0.5, 0.6) is 0 Å². The summed E-state index contributed by atoms with van der Waals surface area (Å²) in [5.74, 6) is 0.0666. The van der Waals surface area contributed by atoms with Crippen molar-refractivity contribution in [3.05, 3.63) is 23.5 Å². The number of anilines is 1. The Kier molecular flexibility index (Phi) is 3.75. The largest absolute Gasteiger partial charge is 0.322 e. The molecule has 2 amide bonds. The first kappa shape index (κ1) is 13.8. The maximum absolute atomic E-state index is 12.0. The molecule has 1 fully saturated rings. The van der Waals surface area contributed by atoms with E-state index in [-0.39, 0.29) is 30.6 Å². The Bertz CT molecular complexity index is 584. The van der Waals surface area contributed by atoms with E-state index in [4.69, 9.17) is 0 Å². The number of hydrogen-bond donors (Lipinski definition) is 1. The highest BCUT2D eigenvalue weighted by Gasteiger charge is 2.25. The third kappa shape index (κ3) is 3.44. The second kappa shape index (κ2) is 5.16. The fraction of sp³-hybridized carbons (Fsp3) is 0.500. The van der Waals surface area contributed by atoms with Crippen molar-refractivity contribution in [1.82, 2.24) is 9.88 Å². The van der Waals surface area contributed by atoms with Gasteiger partial charge in [-0.05, 0) is 26.0 Å². The average molecular weight is 283 g/mol. The average Bonchev–Trinajstić information content (AvgIpc) is 2.32. The molecule has 6 nitrogen and oxygen atoms in total. The van der Waals surface area contributed by atoms with Crippen LogP contribution in [0.15, 0.2) is 12.1 Å². The zero-order chi connectivity index (χ0) is 14.0. The maximum Gasteiger partial charge on any atom is 0.321 e. The monoisotopic (exact) mass is 283 g/mol. The van der Waals surface area contributed by atoms with Crippen LogP contribution in [0.1, 0.15) is 11.4 Å². The van der Waals surface area contributed by atoms with E-state index in [1.807, 2.05) is 19.9 Å². The van der Waals surface area contributed by atoms with Gasteiger partial charge in [0, 0.05) is 18.8 Å². The SMILES string of the molecule is Cc1ccc(NC(=O)N2CCS(=O)(=O)CC2)c(C)n1. The van der Waals surface area contributed by atoms with E-state index in [2.05, 4.69) is 10.3 Å². The van der Waals surface area contributed by atoms with E-state index in [9.17, 15) is 13.2 Å². The van der Waals surface area contributed by atoms with Crippen molar-refractivity contribution in [3.8, 4) is 0 Å². The molecular weight excluding hydrogens is 266 g/mol. The van der Waals surface area contributed by atoms with Crippen molar-refractivity contribution >= 4 is 21.6 Å². The number of nitrogens with zero attached hydrogens (tertiary/aromatic N) is 2. The third-order valence-corrected chi connectivity index (χ3v) is 4.71. The first-order valence-corrected chi connectivity index (χ1v) is 7.90. The molecule has 0 aliphatic carbocycles. The minimum atomic E-state index is -2.97. The molecule has 7 heteroatoms. The van der Waals surface area contributed by atoms with Crippen LogP contribution >= 0.6 is 0 Å². The van der Waals surface area contributed by atoms with Crippen molar-refractivity contribution in [2.75, 3.05) is 29.9 Å². The summed E-state index contributed by atoms with van der Waals surface area (Å²) in [7, 11) is -2.97. The van der Waals surface area contributed by atoms with Crippen molar-refractivity contribution in [3.63, 3.8) is 0 Å². The van der Waals surface area contributed by atoms with Crippen LogP contribution in [-0.2, 0) is 9.84 Å². The quantitative estimate of drug-likeness (QED) is 0.832. The molecule has 104 valence electrons. The van der Waals surface area contributed by atoms with E-state index in [0.29, 0.717) is 5.69 Å². The van der Waals surface area contributed by atoms with Crippen molar-refractivity contribution in [2.45, 2.75) is 13.8 Å². The summed E-state index contributed by atoms with van der Waals surface area (Å²) in [5, 5.41) is 2.76. The van der Waals surface area contributed by atoms with E-state index in [1.54, 1.807) is 6.07 Å². The van der Waals surface area contributed by atoms with Gasteiger partial charge in [0.25, 0.3) is 0 Å². The summed E-state index contributed by atoms with van der Waals surface area (Å²) in [6.45, 7) is 4.19. The Labute approximate surface area is 112 Å². The molecule has 1 aliphatic heterocycles. The second-order valence-electron chi connectivity index (χ2n) is 4.65. The van der Waals surface area contributed by atoms with Crippen molar-refractivity contribution in [1.29, 1.82) is 0 Å². The number of pyridine rings is 1. The zero-order valence-electron chi connectivity index (χ0n) is 11.0. The van der Waals surface area contributed by atoms with Gasteiger partial charge < -0.3 is 10.2 Å². The standard InChI is InChI=1S/C12H17N3O3S/c1-9-3-4-11(10(2)13-9)14-12(16)15-5-7-19(17,18)8-6-15/h3-4H,5-8H2,1-2H3,(H,14,16). The molecule has 1 aliphatic rings. The number of nitrogens with one attached hydrogen (secondary N) is 1. The van der Waals surface area contributed by atoms with Gasteiger partial charge in [-0.15, -0.1) is 0 Å². The molecule has 1 aromatic rings. The Hall–Kier alpha value is -1.63. The molecule has 1 aromatic heterocycles. The van der Waals surface area contributed by atoms with E-state index in [1.165, 1.54) is 4.90 Å². The van der Waals surface area contributed by atoms with Gasteiger partial charge in [-0.1, -0.05) is 0 Å². The van der Waals surface area contributed by atoms with Gasteiger partial charge in [-0.25, -0.2) is 13.2 Å². The molecule has 0 radical (unpaired) electrons. The van der Waals surface area contributed by atoms with Crippen molar-refractivity contribution in [2.24, 2.45) is 0 Å². The predicted octanol–water partition coefficient (Wildman–Crippen LogP) is 0.961. The van der Waals surface area contributed by atoms with Gasteiger partial charge in [-0.2, -0.15) is 0 Å². The minimum Gasteiger partial charge on any atom is -0.322 e. The van der Waals surface area contributed by atoms with Crippen LogP contribution in [0.25, 0.3) is 0 Å². The number of carbonyl (C=O) groups excluding carboxylic acids is 1. The molecule has 2 heterocycles. The lowest BCUT2D eigenvalue weighted by atomic mass is 10.3. The molecule has 0 saturated carbocycles. The Morgan fingerprint density at radius 2 is 1.89 bits per heavy atom. The number of carbonyl (C=O) groups is 1. The van der Waals surface area contributed by atoms with Crippen LogP contribution in [-0.4, -0.2) is 48.9 Å². The van der Waals surface area contributed by atoms with E-state index in [0.717, 1.165) is 11.4 Å². The lowest BCUT2D eigenvalue weighted by molar-refractivity contribution is 0.216. The maximum atomic E-state index is 12.0. The highest BCUT2D eigenvalue weighted by molar-refractivity contribution is 7.91. The Balaban J connectivity index is 2.02. The zero-order valence-corrected chi connectivity index (χ0v) is 11.8. The molecule has 19 heavy (non-hydrogen) atoms. The van der Waals surface area contributed by atoms with Crippen LogP contribution < -0.4 is 5.32 Å². The van der Waals surface area contributed by atoms with E-state index < -0.39 is 9.84 Å². The fourth-order valence-corrected chi connectivity index (χ4v) is 3.13. The summed E-state index contributed by atoms with van der Waals surface area (Å²) >= 11 is 0. The summed E-state index contributed by atoms with van der Waals surface area (Å²) < 4.78 is 22.6. The number of aromatic nitrogens is 1. The molecule has 0 bridgehead atoms. The van der Waals surface area contributed by atoms with Crippen LogP contribution in [0.3, 0.4) is 0 Å². The predicted molar refractivity (Wildman–Crippen MR) is 73.0 cm³/mol. The Morgan fingerprint density at radius 1 is 1.26 bits per heavy atom. The Morgan fingerprint density at radius 3 is 2.47 bits per heavy atom. The van der Waals surface area contributed by atoms with Gasteiger partial charge in [0.2, 0.25) is 0 Å². The number of aryl methyl sites for hydroxylation is 2. The summed E-state index contributed by atoms with van der Waals surface area (Å²) in [6.07, 6.45) is 0. The van der Waals surface area contributed by atoms with Gasteiger partial charge in [-0.3, -0.25) is 4.98 Å². The molecule has 2 rings (SSSR count). The highest BCUT2D eigenvalue weighted by Crippen LogP contribution is 2.14. The van der Waals surface area contributed by atoms with Gasteiger partial charge in [0.1, 0.15) is 0 Å². The first-order chi connectivity index (χ1) is 8.87. The number of hydrogen-bond acceptors (Lipinski definition) is 4. The van der Waals surface area contributed by atoms with Crippen LogP contribution in [0.2, 0.25) is 0 Å². The lowest BCUT2D eigenvalue weighted by Crippen LogP contribution is -2.45. The number of rotatable bonds is 1. The van der Waals surface area contributed by atoms with Gasteiger partial charge in [0.15, 0.2) is 9.84 Å². The van der Waals surface area contributed by atoms with Crippen LogP contribution in [0, 0.1) is 13.8 Å². The fourth-order valence-electron chi connectivity index (χ4n) is 1.93. The molecular formula is C12H17N3O3S. The summed E-state index contributed by atoms with van der Waals surface area (Å²) in [5.41, 5.74) is 2.29. The molecule has 0 atom stereocenters. The molecule has 0 unspecified atom stereocenters. The number of sulfone groups is 1. The normalized spacial score (nSPS) is 18.1. The molecule has 0 spiro atoms. The van der Waals surface area contributed by atoms with Gasteiger partial charge in [0.05, 0.1) is 22.9 Å². The summed E-state index contributed by atoms with van der Waals surface area (Å²) in [6, 6.07) is 3.35. The van der Waals surface area contributed by atoms with Crippen LogP contribution in [0.4, 0.5) is 10.5 Å². The first-order valence-electron chi connectivity index (χ1n) is 6.08. The van der Waals surface area contributed by atoms with E-state index >= 15 is 0 Å². The highest BCUT2D eigenvalue weighted by atomic mass is 32.2. The molecule has 1 N–H and O–H groups in total. The van der Waals surface area contributed by atoms with Gasteiger partial charge >= 0.3 is 6.03 Å².